The van der Waals surface area contributed by atoms with Gasteiger partial charge in [0.05, 0.1) is 17.3 Å². The van der Waals surface area contributed by atoms with Gasteiger partial charge in [0.2, 0.25) is 5.91 Å². The van der Waals surface area contributed by atoms with Crippen molar-refractivity contribution in [2.75, 3.05) is 11.9 Å². The number of halogens is 1. The lowest BCUT2D eigenvalue weighted by molar-refractivity contribution is -0.116. The van der Waals surface area contributed by atoms with Gasteiger partial charge in [-0.25, -0.2) is 0 Å². The van der Waals surface area contributed by atoms with Crippen LogP contribution in [0.4, 0.5) is 5.69 Å². The first-order valence-electron chi connectivity index (χ1n) is 3.88. The molecule has 0 aliphatic rings. The summed E-state index contributed by atoms with van der Waals surface area (Å²) in [5.41, 5.74) is 6.76. The maximum Gasteiger partial charge on any atom is 0.236 e. The predicted octanol–water partition coefficient (Wildman–Crippen LogP) is 1.55. The molecule has 1 amide bonds. The van der Waals surface area contributed by atoms with Crippen LogP contribution in [0.1, 0.15) is 5.56 Å². The number of rotatable bonds is 3. The summed E-state index contributed by atoms with van der Waals surface area (Å²) in [4.78, 5) is 10.5. The highest BCUT2D eigenvalue weighted by Crippen LogP contribution is 2.24. The highest BCUT2D eigenvalue weighted by molar-refractivity contribution is 6.33. The van der Waals surface area contributed by atoms with Crippen LogP contribution in [0.15, 0.2) is 18.2 Å². The van der Waals surface area contributed by atoms with Crippen molar-refractivity contribution in [3.63, 3.8) is 0 Å². The van der Waals surface area contributed by atoms with Gasteiger partial charge in [-0.1, -0.05) is 23.7 Å². The van der Waals surface area contributed by atoms with Crippen LogP contribution in [-0.2, 0) is 4.79 Å². The summed E-state index contributed by atoms with van der Waals surface area (Å²) in [6.45, 7) is 2.01. The highest BCUT2D eigenvalue weighted by Gasteiger charge is 2.03. The third-order valence-corrected chi connectivity index (χ3v) is 1.98. The third kappa shape index (κ3) is 2.63. The Morgan fingerprint density at radius 2 is 2.31 bits per heavy atom. The standard InChI is InChI=1S/C9H11ClN2O/c1-6-3-2-4-7(10)9(6)12-5-8(11)13/h2-4,12H,5H2,1H3,(H2,11,13). The molecule has 0 spiro atoms. The Morgan fingerprint density at radius 3 is 2.85 bits per heavy atom. The Bertz CT molecular complexity index is 305. The number of hydrogen-bond acceptors (Lipinski definition) is 2. The van der Waals surface area contributed by atoms with Gasteiger partial charge in [0.25, 0.3) is 0 Å². The molecule has 0 bridgehead atoms. The minimum atomic E-state index is -0.403. The molecule has 70 valence electrons. The SMILES string of the molecule is Cc1cccc(Cl)c1NCC(N)=O. The van der Waals surface area contributed by atoms with Crippen LogP contribution in [0.5, 0.6) is 0 Å². The molecule has 1 rings (SSSR count). The fourth-order valence-electron chi connectivity index (χ4n) is 1.03. The Hall–Kier alpha value is -1.22. The molecule has 13 heavy (non-hydrogen) atoms. The number of primary amides is 1. The molecule has 0 aliphatic carbocycles. The predicted molar refractivity (Wildman–Crippen MR) is 53.9 cm³/mol. The van der Waals surface area contributed by atoms with Gasteiger partial charge in [0, 0.05) is 0 Å². The first kappa shape index (κ1) is 9.86. The lowest BCUT2D eigenvalue weighted by Crippen LogP contribution is -2.22. The molecule has 0 radical (unpaired) electrons. The summed E-state index contributed by atoms with van der Waals surface area (Å²) in [7, 11) is 0. The van der Waals surface area contributed by atoms with Crippen LogP contribution < -0.4 is 11.1 Å². The number of carbonyl (C=O) groups excluding carboxylic acids is 1. The van der Waals surface area contributed by atoms with E-state index in [0.29, 0.717) is 5.02 Å². The smallest absolute Gasteiger partial charge is 0.236 e. The number of nitrogens with two attached hydrogens (primary N) is 1. The summed E-state index contributed by atoms with van der Waals surface area (Å²) in [6.07, 6.45) is 0. The van der Waals surface area contributed by atoms with Crippen molar-refractivity contribution in [2.24, 2.45) is 5.73 Å². The lowest BCUT2D eigenvalue weighted by atomic mass is 10.2. The molecule has 0 atom stereocenters. The van der Waals surface area contributed by atoms with Crippen molar-refractivity contribution in [2.45, 2.75) is 6.92 Å². The monoisotopic (exact) mass is 198 g/mol. The van der Waals surface area contributed by atoms with E-state index < -0.39 is 5.91 Å². The summed E-state index contributed by atoms with van der Waals surface area (Å²) in [5, 5.41) is 3.47. The topological polar surface area (TPSA) is 55.1 Å². The quantitative estimate of drug-likeness (QED) is 0.774. The first-order chi connectivity index (χ1) is 6.11. The van der Waals surface area contributed by atoms with E-state index >= 15 is 0 Å². The van der Waals surface area contributed by atoms with Gasteiger partial charge in [-0.05, 0) is 18.6 Å². The zero-order valence-corrected chi connectivity index (χ0v) is 8.06. The van der Waals surface area contributed by atoms with E-state index in [4.69, 9.17) is 17.3 Å². The number of amides is 1. The van der Waals surface area contributed by atoms with Gasteiger partial charge >= 0.3 is 0 Å². The van der Waals surface area contributed by atoms with E-state index in [2.05, 4.69) is 5.32 Å². The van der Waals surface area contributed by atoms with Gasteiger partial charge in [-0.3, -0.25) is 4.79 Å². The van der Waals surface area contributed by atoms with Crippen molar-refractivity contribution in [1.82, 2.24) is 0 Å². The van der Waals surface area contributed by atoms with E-state index in [-0.39, 0.29) is 6.54 Å². The van der Waals surface area contributed by atoms with Gasteiger partial charge in [0.15, 0.2) is 0 Å². The molecular formula is C9H11ClN2O. The van der Waals surface area contributed by atoms with Crippen molar-refractivity contribution in [1.29, 1.82) is 0 Å². The van der Waals surface area contributed by atoms with Crippen LogP contribution >= 0.6 is 11.6 Å². The van der Waals surface area contributed by atoms with Crippen LogP contribution in [0.25, 0.3) is 0 Å². The molecule has 3 N–H and O–H groups in total. The second-order valence-electron chi connectivity index (χ2n) is 2.75. The van der Waals surface area contributed by atoms with E-state index in [1.165, 1.54) is 0 Å². The number of hydrogen-bond donors (Lipinski definition) is 2. The maximum absolute atomic E-state index is 10.5. The Morgan fingerprint density at radius 1 is 1.62 bits per heavy atom. The number of nitrogens with one attached hydrogen (secondary N) is 1. The average Bonchev–Trinajstić information content (AvgIpc) is 2.03. The molecule has 3 nitrogen and oxygen atoms in total. The van der Waals surface area contributed by atoms with Gasteiger partial charge < -0.3 is 11.1 Å². The average molecular weight is 199 g/mol. The normalized spacial score (nSPS) is 9.69. The second-order valence-corrected chi connectivity index (χ2v) is 3.16. The lowest BCUT2D eigenvalue weighted by Gasteiger charge is -2.08. The van der Waals surface area contributed by atoms with Crippen molar-refractivity contribution >= 4 is 23.2 Å². The molecule has 0 heterocycles. The summed E-state index contributed by atoms with van der Waals surface area (Å²) >= 11 is 5.90. The largest absolute Gasteiger partial charge is 0.375 e. The minimum absolute atomic E-state index is 0.102. The fourth-order valence-corrected chi connectivity index (χ4v) is 1.32. The van der Waals surface area contributed by atoms with Crippen molar-refractivity contribution in [3.8, 4) is 0 Å². The fraction of sp³-hybridized carbons (Fsp3) is 0.222. The Kier molecular flexibility index (Phi) is 3.14. The second kappa shape index (κ2) is 4.14. The molecule has 1 aromatic rings. The van der Waals surface area contributed by atoms with Crippen LogP contribution in [0, 0.1) is 6.92 Å². The molecule has 0 unspecified atom stereocenters. The molecule has 0 saturated heterocycles. The molecule has 0 aliphatic heterocycles. The summed E-state index contributed by atoms with van der Waals surface area (Å²) in [5.74, 6) is -0.403. The summed E-state index contributed by atoms with van der Waals surface area (Å²) < 4.78 is 0. The van der Waals surface area contributed by atoms with E-state index in [1.807, 2.05) is 19.1 Å². The van der Waals surface area contributed by atoms with E-state index in [1.54, 1.807) is 6.07 Å². The molecule has 4 heteroatoms. The Balaban J connectivity index is 2.81. The van der Waals surface area contributed by atoms with Gasteiger partial charge in [-0.2, -0.15) is 0 Å². The van der Waals surface area contributed by atoms with Gasteiger partial charge in [0.1, 0.15) is 0 Å². The molecule has 1 aromatic carbocycles. The van der Waals surface area contributed by atoms with Crippen molar-refractivity contribution in [3.05, 3.63) is 28.8 Å². The third-order valence-electron chi connectivity index (χ3n) is 1.66. The van der Waals surface area contributed by atoms with Gasteiger partial charge in [-0.15, -0.1) is 0 Å². The van der Waals surface area contributed by atoms with Crippen LogP contribution in [0.3, 0.4) is 0 Å². The minimum Gasteiger partial charge on any atom is -0.375 e. The highest BCUT2D eigenvalue weighted by atomic mass is 35.5. The van der Waals surface area contributed by atoms with E-state index in [9.17, 15) is 4.79 Å². The number of carbonyl (C=O) groups is 1. The molecule has 0 aromatic heterocycles. The maximum atomic E-state index is 10.5. The van der Waals surface area contributed by atoms with E-state index in [0.717, 1.165) is 11.3 Å². The van der Waals surface area contributed by atoms with Crippen LogP contribution in [-0.4, -0.2) is 12.5 Å². The Labute approximate surface area is 81.9 Å². The first-order valence-corrected chi connectivity index (χ1v) is 4.26. The number of para-hydroxylation sites is 1. The number of aryl methyl sites for hydroxylation is 1. The van der Waals surface area contributed by atoms with Crippen LogP contribution in [0.2, 0.25) is 5.02 Å². The molecule has 0 fully saturated rings. The zero-order valence-electron chi connectivity index (χ0n) is 7.30. The van der Waals surface area contributed by atoms with Crippen molar-refractivity contribution < 1.29 is 4.79 Å². The summed E-state index contributed by atoms with van der Waals surface area (Å²) in [6, 6.07) is 5.53. The molecular weight excluding hydrogens is 188 g/mol. The number of anilines is 1. The zero-order chi connectivity index (χ0) is 9.84. The molecule has 0 saturated carbocycles. The number of benzene rings is 1.